The van der Waals surface area contributed by atoms with Crippen molar-refractivity contribution in [3.63, 3.8) is 0 Å². The van der Waals surface area contributed by atoms with E-state index in [4.69, 9.17) is 9.47 Å². The number of nitrogens with zero attached hydrogens (tertiary/aromatic N) is 1. The largest absolute Gasteiger partial charge is 0.348 e. The van der Waals surface area contributed by atoms with Crippen molar-refractivity contribution in [3.8, 4) is 0 Å². The average molecular weight is 362 g/mol. The van der Waals surface area contributed by atoms with E-state index in [1.165, 1.54) is 57.8 Å². The Hall–Kier alpha value is -1.06. The summed E-state index contributed by atoms with van der Waals surface area (Å²) in [5.41, 5.74) is 1.84. The second-order valence-electron chi connectivity index (χ2n) is 6.92. The Bertz CT molecular complexity index is 517. The van der Waals surface area contributed by atoms with Crippen molar-refractivity contribution in [2.75, 3.05) is 13.2 Å². The number of isothiocyanates is 1. The molecule has 25 heavy (non-hydrogen) atoms. The number of hydrogen-bond acceptors (Lipinski definition) is 4. The lowest BCUT2D eigenvalue weighted by molar-refractivity contribution is -0.206. The van der Waals surface area contributed by atoms with Gasteiger partial charge in [0.25, 0.3) is 0 Å². The van der Waals surface area contributed by atoms with E-state index in [0.717, 1.165) is 24.5 Å². The van der Waals surface area contributed by atoms with Crippen molar-refractivity contribution < 1.29 is 9.47 Å². The molecule has 0 aromatic heterocycles. The molecule has 0 aliphatic carbocycles. The Balaban J connectivity index is 1.57. The molecular formula is C21H31NO2S. The first kappa shape index (κ1) is 20.3. The van der Waals surface area contributed by atoms with E-state index in [1.54, 1.807) is 0 Å². The fourth-order valence-electron chi connectivity index (χ4n) is 3.23. The highest BCUT2D eigenvalue weighted by atomic mass is 32.1. The predicted molar refractivity (Wildman–Crippen MR) is 106 cm³/mol. The molecule has 0 N–H and O–H groups in total. The second-order valence-corrected chi connectivity index (χ2v) is 7.11. The van der Waals surface area contributed by atoms with Crippen LogP contribution in [0.4, 0.5) is 5.69 Å². The zero-order valence-electron chi connectivity index (χ0n) is 15.4. The van der Waals surface area contributed by atoms with Gasteiger partial charge in [0.15, 0.2) is 6.29 Å². The topological polar surface area (TPSA) is 30.8 Å². The Morgan fingerprint density at radius 3 is 2.16 bits per heavy atom. The number of ether oxygens (including phenoxy) is 2. The summed E-state index contributed by atoms with van der Waals surface area (Å²) in [4.78, 5) is 3.96. The minimum absolute atomic E-state index is 0.250. The van der Waals surface area contributed by atoms with E-state index in [1.807, 2.05) is 24.3 Å². The molecule has 0 amide bonds. The molecule has 0 bridgehead atoms. The molecule has 1 heterocycles. The van der Waals surface area contributed by atoms with Crippen LogP contribution in [-0.4, -0.2) is 18.4 Å². The number of hydrogen-bond donors (Lipinski definition) is 0. The smallest absolute Gasteiger partial charge is 0.183 e. The van der Waals surface area contributed by atoms with Gasteiger partial charge in [-0.3, -0.25) is 0 Å². The predicted octanol–water partition coefficient (Wildman–Crippen LogP) is 6.61. The van der Waals surface area contributed by atoms with Crippen LogP contribution in [0.25, 0.3) is 0 Å². The Labute approximate surface area is 157 Å². The minimum atomic E-state index is -0.250. The van der Waals surface area contributed by atoms with E-state index >= 15 is 0 Å². The molecule has 1 aliphatic rings. The number of unbranched alkanes of at least 4 members (excludes halogenated alkanes) is 7. The lowest BCUT2D eigenvalue weighted by Gasteiger charge is -2.29. The summed E-state index contributed by atoms with van der Waals surface area (Å²) in [5, 5.41) is 2.38. The third-order valence-electron chi connectivity index (χ3n) is 4.77. The highest BCUT2D eigenvalue weighted by Crippen LogP contribution is 2.28. The number of thiocarbonyl (C=S) groups is 1. The normalized spacial score (nSPS) is 20.2. The van der Waals surface area contributed by atoms with Gasteiger partial charge in [0.1, 0.15) is 0 Å². The van der Waals surface area contributed by atoms with Gasteiger partial charge in [0.2, 0.25) is 0 Å². The Morgan fingerprint density at radius 1 is 0.960 bits per heavy atom. The van der Waals surface area contributed by atoms with E-state index in [9.17, 15) is 0 Å². The van der Waals surface area contributed by atoms with Crippen molar-refractivity contribution >= 4 is 23.1 Å². The minimum Gasteiger partial charge on any atom is -0.348 e. The van der Waals surface area contributed by atoms with E-state index < -0.39 is 0 Å². The molecule has 0 unspecified atom stereocenters. The molecule has 1 fully saturated rings. The summed E-state index contributed by atoms with van der Waals surface area (Å²) >= 11 is 4.61. The van der Waals surface area contributed by atoms with Crippen LogP contribution >= 0.6 is 12.2 Å². The Kier molecular flexibility index (Phi) is 9.98. The molecule has 0 atom stereocenters. The molecule has 0 saturated carbocycles. The SMILES string of the molecule is CCCCCCCCCC[C@H]1CO[C@H](c2ccc(N=C=S)cc2)OC1. The van der Waals surface area contributed by atoms with Crippen molar-refractivity contribution in [1.29, 1.82) is 0 Å². The van der Waals surface area contributed by atoms with Crippen LogP contribution in [0.3, 0.4) is 0 Å². The quantitative estimate of drug-likeness (QED) is 0.252. The van der Waals surface area contributed by atoms with Crippen LogP contribution in [0.2, 0.25) is 0 Å². The molecule has 1 aromatic rings. The molecule has 1 aromatic carbocycles. The average Bonchev–Trinajstić information content (AvgIpc) is 2.65. The lowest BCUT2D eigenvalue weighted by Crippen LogP contribution is -2.27. The van der Waals surface area contributed by atoms with Gasteiger partial charge in [-0.05, 0) is 30.8 Å². The maximum Gasteiger partial charge on any atom is 0.183 e. The van der Waals surface area contributed by atoms with Crippen molar-refractivity contribution in [1.82, 2.24) is 0 Å². The summed E-state index contributed by atoms with van der Waals surface area (Å²) in [6.07, 6.45) is 11.9. The molecule has 0 radical (unpaired) electrons. The van der Waals surface area contributed by atoms with E-state index in [-0.39, 0.29) is 6.29 Å². The highest BCUT2D eigenvalue weighted by Gasteiger charge is 2.23. The van der Waals surface area contributed by atoms with E-state index in [2.05, 4.69) is 29.3 Å². The van der Waals surface area contributed by atoms with Gasteiger partial charge >= 0.3 is 0 Å². The maximum absolute atomic E-state index is 5.91. The van der Waals surface area contributed by atoms with Gasteiger partial charge in [-0.25, -0.2) is 0 Å². The van der Waals surface area contributed by atoms with Gasteiger partial charge in [-0.15, -0.1) is 0 Å². The van der Waals surface area contributed by atoms with Crippen molar-refractivity contribution in [3.05, 3.63) is 29.8 Å². The van der Waals surface area contributed by atoms with Crippen LogP contribution < -0.4 is 0 Å². The third-order valence-corrected chi connectivity index (χ3v) is 4.86. The first-order valence-corrected chi connectivity index (χ1v) is 10.2. The maximum atomic E-state index is 5.91. The molecular weight excluding hydrogens is 330 g/mol. The Morgan fingerprint density at radius 2 is 1.56 bits per heavy atom. The first-order chi connectivity index (χ1) is 12.3. The van der Waals surface area contributed by atoms with Crippen LogP contribution in [0.5, 0.6) is 0 Å². The molecule has 2 rings (SSSR count). The summed E-state index contributed by atoms with van der Waals surface area (Å²) < 4.78 is 11.8. The summed E-state index contributed by atoms with van der Waals surface area (Å²) in [6, 6.07) is 7.78. The summed E-state index contributed by atoms with van der Waals surface area (Å²) in [5.74, 6) is 0.537. The molecule has 1 saturated heterocycles. The molecule has 0 spiro atoms. The van der Waals surface area contributed by atoms with Gasteiger partial charge in [-0.2, -0.15) is 4.99 Å². The second kappa shape index (κ2) is 12.3. The lowest BCUT2D eigenvalue weighted by atomic mass is 10.0. The van der Waals surface area contributed by atoms with Crippen LogP contribution in [0.1, 0.15) is 76.6 Å². The number of aliphatic imine (C=N–C) groups is 1. The fraction of sp³-hybridized carbons (Fsp3) is 0.667. The summed E-state index contributed by atoms with van der Waals surface area (Å²) in [6.45, 7) is 3.85. The van der Waals surface area contributed by atoms with Gasteiger partial charge in [-0.1, -0.05) is 70.4 Å². The van der Waals surface area contributed by atoms with Crippen molar-refractivity contribution in [2.24, 2.45) is 10.9 Å². The third kappa shape index (κ3) is 7.79. The van der Waals surface area contributed by atoms with Crippen LogP contribution in [0, 0.1) is 5.92 Å². The molecule has 1 aliphatic heterocycles. The fourth-order valence-corrected chi connectivity index (χ4v) is 3.33. The van der Waals surface area contributed by atoms with Crippen molar-refractivity contribution in [2.45, 2.75) is 71.0 Å². The number of benzene rings is 1. The van der Waals surface area contributed by atoms with Crippen LogP contribution in [0.15, 0.2) is 29.3 Å². The highest BCUT2D eigenvalue weighted by molar-refractivity contribution is 7.78. The molecule has 138 valence electrons. The zero-order chi connectivity index (χ0) is 17.7. The number of rotatable bonds is 11. The molecule has 4 heteroatoms. The van der Waals surface area contributed by atoms with Crippen LogP contribution in [-0.2, 0) is 9.47 Å². The monoisotopic (exact) mass is 361 g/mol. The van der Waals surface area contributed by atoms with E-state index in [0.29, 0.717) is 5.92 Å². The summed E-state index contributed by atoms with van der Waals surface area (Å²) in [7, 11) is 0. The van der Waals surface area contributed by atoms with Gasteiger partial charge < -0.3 is 9.47 Å². The first-order valence-electron chi connectivity index (χ1n) is 9.74. The molecule has 3 nitrogen and oxygen atoms in total. The van der Waals surface area contributed by atoms with Gasteiger partial charge in [0, 0.05) is 11.5 Å². The van der Waals surface area contributed by atoms with Gasteiger partial charge in [0.05, 0.1) is 24.1 Å². The zero-order valence-corrected chi connectivity index (χ0v) is 16.2. The standard InChI is InChI=1S/C21H31NO2S/c1-2-3-4-5-6-7-8-9-10-18-15-23-21(24-16-18)19-11-13-20(14-12-19)22-17-25/h11-14,18,21H,2-10,15-16H2,1H3/t18-,21-.